The minimum atomic E-state index is -1.59. The normalized spacial score (nSPS) is 22.9. The zero-order valence-corrected chi connectivity index (χ0v) is 15.7. The van der Waals surface area contributed by atoms with Crippen molar-refractivity contribution in [3.05, 3.63) is 35.9 Å². The maximum absolute atomic E-state index is 13.0. The molecule has 28 heavy (non-hydrogen) atoms. The Morgan fingerprint density at radius 2 is 1.93 bits per heavy atom. The number of carboxylic acids is 1. The number of unbranched alkanes of at least 4 members (excludes halogenated alkanes) is 1. The van der Waals surface area contributed by atoms with Crippen LogP contribution in [0.5, 0.6) is 0 Å². The Kier molecular flexibility index (Phi) is 7.38. The van der Waals surface area contributed by atoms with Gasteiger partial charge in [-0.3, -0.25) is 0 Å². The maximum Gasteiger partial charge on any atom is 0.532 e. The average Bonchev–Trinajstić information content (AvgIpc) is 2.95. The van der Waals surface area contributed by atoms with Crippen LogP contribution in [0.2, 0.25) is 0 Å². The summed E-state index contributed by atoms with van der Waals surface area (Å²) in [6, 6.07) is 7.10. The lowest BCUT2D eigenvalue weighted by molar-refractivity contribution is -0.721. The smallest absolute Gasteiger partial charge is 0.477 e. The fourth-order valence-electron chi connectivity index (χ4n) is 3.36. The van der Waals surface area contributed by atoms with E-state index in [0.29, 0.717) is 24.9 Å². The van der Waals surface area contributed by atoms with Gasteiger partial charge in [0, 0.05) is 13.5 Å². The summed E-state index contributed by atoms with van der Waals surface area (Å²) in [6.45, 7) is 0.139. The summed E-state index contributed by atoms with van der Waals surface area (Å²) >= 11 is 0. The zero-order chi connectivity index (χ0) is 20.7. The first kappa shape index (κ1) is 21.7. The molecule has 1 aromatic carbocycles. The number of rotatable bonds is 9. The molecule has 0 radical (unpaired) electrons. The number of carboxylic acid groups (broad SMARTS) is 1. The van der Waals surface area contributed by atoms with Crippen LogP contribution in [0.4, 0.5) is 4.79 Å². The minimum Gasteiger partial charge on any atom is -0.477 e. The molecule has 1 aromatic rings. The first-order valence-corrected chi connectivity index (χ1v) is 9.03. The highest BCUT2D eigenvalue weighted by molar-refractivity contribution is 6.05. The van der Waals surface area contributed by atoms with Crippen molar-refractivity contribution in [3.63, 3.8) is 0 Å². The number of carbonyl (C=O) groups is 4. The number of imide groups is 3. The van der Waals surface area contributed by atoms with Gasteiger partial charge >= 0.3 is 23.9 Å². The van der Waals surface area contributed by atoms with E-state index in [0.717, 1.165) is 0 Å². The predicted molar refractivity (Wildman–Crippen MR) is 96.6 cm³/mol. The van der Waals surface area contributed by atoms with E-state index in [-0.39, 0.29) is 19.4 Å². The third-order valence-electron chi connectivity index (χ3n) is 4.84. The fourth-order valence-corrected chi connectivity index (χ4v) is 3.36. The molecule has 2 rings (SSSR count). The number of nitrogens with two attached hydrogens (primary N) is 1. The van der Waals surface area contributed by atoms with Crippen molar-refractivity contribution < 1.29 is 38.2 Å². The van der Waals surface area contributed by atoms with Gasteiger partial charge in [0.15, 0.2) is 6.10 Å². The van der Waals surface area contributed by atoms with Crippen LogP contribution in [0.3, 0.4) is 0 Å². The number of quaternary nitrogens is 1. The quantitative estimate of drug-likeness (QED) is 0.363. The molecule has 0 aromatic heterocycles. The number of nitrogens with zero attached hydrogens (tertiary/aromatic N) is 1. The van der Waals surface area contributed by atoms with Gasteiger partial charge in [-0.2, -0.15) is 4.79 Å². The molecule has 0 spiro atoms. The Morgan fingerprint density at radius 1 is 1.25 bits per heavy atom. The number of benzene rings is 1. The van der Waals surface area contributed by atoms with Crippen LogP contribution >= 0.6 is 0 Å². The molecule has 2 unspecified atom stereocenters. The summed E-state index contributed by atoms with van der Waals surface area (Å²) in [6.07, 6.45) is -1.99. The Balaban J connectivity index is 2.37. The van der Waals surface area contributed by atoms with Gasteiger partial charge in [0.25, 0.3) is 0 Å². The number of ether oxygens (including phenoxy) is 2. The van der Waals surface area contributed by atoms with Crippen LogP contribution < -0.4 is 5.73 Å². The molecule has 152 valence electrons. The second-order valence-electron chi connectivity index (χ2n) is 6.56. The van der Waals surface area contributed by atoms with E-state index in [9.17, 15) is 24.3 Å². The van der Waals surface area contributed by atoms with E-state index in [4.69, 9.17) is 15.2 Å². The average molecular weight is 393 g/mol. The molecule has 1 aliphatic rings. The second-order valence-corrected chi connectivity index (χ2v) is 6.56. The summed E-state index contributed by atoms with van der Waals surface area (Å²) in [5, 5.41) is 9.73. The third-order valence-corrected chi connectivity index (χ3v) is 4.84. The lowest BCUT2D eigenvalue weighted by Crippen LogP contribution is -2.66. The van der Waals surface area contributed by atoms with Crippen LogP contribution in [0.25, 0.3) is 0 Å². The van der Waals surface area contributed by atoms with E-state index < -0.39 is 40.5 Å². The number of methoxy groups -OCH3 is 1. The van der Waals surface area contributed by atoms with Crippen LogP contribution in [0, 0.1) is 0 Å². The van der Waals surface area contributed by atoms with Gasteiger partial charge < -0.3 is 20.3 Å². The monoisotopic (exact) mass is 393 g/mol. The van der Waals surface area contributed by atoms with Gasteiger partial charge in [0.1, 0.15) is 13.0 Å². The molecule has 1 heterocycles. The Morgan fingerprint density at radius 3 is 2.46 bits per heavy atom. The lowest BCUT2D eigenvalue weighted by Gasteiger charge is -2.30. The van der Waals surface area contributed by atoms with Crippen molar-refractivity contribution in [2.75, 3.05) is 13.7 Å². The van der Waals surface area contributed by atoms with Gasteiger partial charge in [-0.15, -0.1) is 0 Å². The molecular weight excluding hydrogens is 368 g/mol. The molecule has 3 N–H and O–H groups in total. The summed E-state index contributed by atoms with van der Waals surface area (Å²) in [7, 11) is 1.23. The number of carbonyl (C=O) groups excluding carboxylic acids is 3. The highest BCUT2D eigenvalue weighted by Gasteiger charge is 2.68. The summed E-state index contributed by atoms with van der Waals surface area (Å²) in [4.78, 5) is 50.6. The highest BCUT2D eigenvalue weighted by atomic mass is 16.6. The number of hydrogen-bond donors (Lipinski definition) is 2. The zero-order valence-electron chi connectivity index (χ0n) is 15.7. The third kappa shape index (κ3) is 4.11. The van der Waals surface area contributed by atoms with Crippen molar-refractivity contribution in [1.82, 2.24) is 0 Å². The van der Waals surface area contributed by atoms with Crippen LogP contribution in [0.1, 0.15) is 31.2 Å². The van der Waals surface area contributed by atoms with Gasteiger partial charge in [-0.1, -0.05) is 34.8 Å². The first-order chi connectivity index (χ1) is 13.4. The van der Waals surface area contributed by atoms with E-state index >= 15 is 0 Å². The molecule has 1 aliphatic heterocycles. The van der Waals surface area contributed by atoms with E-state index in [1.54, 1.807) is 30.3 Å². The second kappa shape index (κ2) is 9.54. The molecule has 0 bridgehead atoms. The molecule has 9 heteroatoms. The van der Waals surface area contributed by atoms with Crippen molar-refractivity contribution in [2.45, 2.75) is 44.4 Å². The SMILES string of the molecule is COC1CC(=O)[N+](C(=O)OCc2ccccc2)([C@@H](CCCCN)C(=O)O)C1=O. The topological polar surface area (TPSA) is 133 Å². The number of hydrogen-bond acceptors (Lipinski definition) is 7. The molecule has 0 aliphatic carbocycles. The fraction of sp³-hybridized carbons (Fsp3) is 0.474. The summed E-state index contributed by atoms with van der Waals surface area (Å²) < 4.78 is 8.72. The largest absolute Gasteiger partial charge is 0.532 e. The number of likely N-dealkylation sites (tertiary alicyclic amines) is 1. The molecule has 1 saturated heterocycles. The van der Waals surface area contributed by atoms with Crippen molar-refractivity contribution in [1.29, 1.82) is 0 Å². The molecule has 0 saturated carbocycles. The minimum absolute atomic E-state index is 0.0686. The summed E-state index contributed by atoms with van der Waals surface area (Å²) in [5.74, 6) is -3.17. The first-order valence-electron chi connectivity index (χ1n) is 9.03. The maximum atomic E-state index is 13.0. The van der Waals surface area contributed by atoms with Crippen LogP contribution in [-0.2, 0) is 30.5 Å². The molecular formula is C19H25N2O7+. The summed E-state index contributed by atoms with van der Waals surface area (Å²) in [5.41, 5.74) is 6.09. The van der Waals surface area contributed by atoms with Crippen molar-refractivity contribution in [2.24, 2.45) is 5.73 Å². The molecule has 3 amide bonds. The molecule has 1 fully saturated rings. The van der Waals surface area contributed by atoms with Crippen molar-refractivity contribution in [3.8, 4) is 0 Å². The van der Waals surface area contributed by atoms with Crippen molar-refractivity contribution >= 4 is 23.9 Å². The lowest BCUT2D eigenvalue weighted by atomic mass is 10.1. The Hall–Kier alpha value is -2.62. The number of aliphatic carboxylic acids is 1. The van der Waals surface area contributed by atoms with Gasteiger partial charge in [-0.05, 0) is 24.9 Å². The number of amides is 3. The van der Waals surface area contributed by atoms with E-state index in [2.05, 4.69) is 0 Å². The standard InChI is InChI=1S/C19H24N2O7/c1-27-15-11-16(22)21(17(15)23,14(18(24)25)9-5-6-10-20)19(26)28-12-13-7-3-2-4-8-13/h2-4,7-8,14-15H,5-6,9-12,20H2,1H3/p+1/t14-,15?,21?/m0/s1. The van der Waals surface area contributed by atoms with Gasteiger partial charge in [0.2, 0.25) is 6.04 Å². The Labute approximate surface area is 162 Å². The van der Waals surface area contributed by atoms with Crippen LogP contribution in [0.15, 0.2) is 30.3 Å². The highest BCUT2D eigenvalue weighted by Crippen LogP contribution is 2.33. The van der Waals surface area contributed by atoms with Crippen LogP contribution in [-0.4, -0.2) is 59.3 Å². The van der Waals surface area contributed by atoms with Gasteiger partial charge in [0.05, 0.1) is 0 Å². The Bertz CT molecular complexity index is 737. The predicted octanol–water partition coefficient (Wildman–Crippen LogP) is 1.19. The van der Waals surface area contributed by atoms with Gasteiger partial charge in [-0.25, -0.2) is 14.4 Å². The van der Waals surface area contributed by atoms with E-state index in [1.165, 1.54) is 7.11 Å². The van der Waals surface area contributed by atoms with E-state index in [1.807, 2.05) is 0 Å². The molecule has 9 nitrogen and oxygen atoms in total. The molecule has 3 atom stereocenters.